The second-order valence-corrected chi connectivity index (χ2v) is 6.30. The average Bonchev–Trinajstić information content (AvgIpc) is 2.46. The molecule has 1 unspecified atom stereocenters. The minimum absolute atomic E-state index is 0. The number of likely N-dealkylation sites (tertiary alicyclic amines) is 1. The first kappa shape index (κ1) is 17.7. The summed E-state index contributed by atoms with van der Waals surface area (Å²) in [5, 5.41) is 3.22. The zero-order chi connectivity index (χ0) is 13.7. The van der Waals surface area contributed by atoms with E-state index in [4.69, 9.17) is 4.74 Å². The lowest BCUT2D eigenvalue weighted by atomic mass is 9.89. The molecule has 5 heteroatoms. The van der Waals surface area contributed by atoms with Crippen molar-refractivity contribution in [3.05, 3.63) is 0 Å². The Labute approximate surface area is 129 Å². The molecule has 0 spiro atoms. The number of nitrogens with zero attached hydrogens (tertiary/aromatic N) is 1. The van der Waals surface area contributed by atoms with Gasteiger partial charge in [0, 0.05) is 26.2 Å². The Morgan fingerprint density at radius 3 is 2.60 bits per heavy atom. The number of hydrogen-bond donors (Lipinski definition) is 1. The van der Waals surface area contributed by atoms with Gasteiger partial charge in [0.25, 0.3) is 5.91 Å². The monoisotopic (exact) mass is 304 g/mol. The van der Waals surface area contributed by atoms with Gasteiger partial charge in [0.1, 0.15) is 6.10 Å². The molecule has 0 radical (unpaired) electrons. The number of carbonyl (C=O) groups is 1. The maximum atomic E-state index is 12.3. The van der Waals surface area contributed by atoms with Gasteiger partial charge in [-0.2, -0.15) is 0 Å². The fourth-order valence-corrected chi connectivity index (χ4v) is 2.94. The maximum Gasteiger partial charge on any atom is 0.253 e. The van der Waals surface area contributed by atoms with E-state index in [1.807, 2.05) is 4.90 Å². The van der Waals surface area contributed by atoms with Gasteiger partial charge in [0.15, 0.2) is 0 Å². The molecule has 1 amide bonds. The molecule has 20 heavy (non-hydrogen) atoms. The quantitative estimate of drug-likeness (QED) is 0.864. The zero-order valence-electron chi connectivity index (χ0n) is 12.8. The Balaban J connectivity index is 0.00000200. The van der Waals surface area contributed by atoms with Crippen LogP contribution in [0, 0.1) is 11.8 Å². The van der Waals surface area contributed by atoms with Gasteiger partial charge in [-0.05, 0) is 24.7 Å². The largest absolute Gasteiger partial charge is 0.366 e. The molecule has 0 aromatic rings. The molecule has 2 aliphatic rings. The predicted octanol–water partition coefficient (Wildman–Crippen LogP) is 2.07. The van der Waals surface area contributed by atoms with E-state index in [1.165, 1.54) is 25.7 Å². The van der Waals surface area contributed by atoms with E-state index in [9.17, 15) is 4.79 Å². The number of hydrogen-bond acceptors (Lipinski definition) is 3. The summed E-state index contributed by atoms with van der Waals surface area (Å²) in [7, 11) is 0. The zero-order valence-corrected chi connectivity index (χ0v) is 13.6. The summed E-state index contributed by atoms with van der Waals surface area (Å²) in [6.45, 7) is 8.59. The van der Waals surface area contributed by atoms with Gasteiger partial charge in [-0.25, -0.2) is 0 Å². The van der Waals surface area contributed by atoms with Gasteiger partial charge in [-0.15, -0.1) is 12.4 Å². The molecule has 1 N–H and O–H groups in total. The summed E-state index contributed by atoms with van der Waals surface area (Å²) in [6, 6.07) is 0. The average molecular weight is 305 g/mol. The van der Waals surface area contributed by atoms with E-state index in [1.54, 1.807) is 0 Å². The fraction of sp³-hybridized carbons (Fsp3) is 0.933. The molecular formula is C15H29ClN2O2. The summed E-state index contributed by atoms with van der Waals surface area (Å²) in [5.74, 6) is 1.80. The van der Waals surface area contributed by atoms with Crippen molar-refractivity contribution in [1.29, 1.82) is 0 Å². The van der Waals surface area contributed by atoms with Crippen molar-refractivity contribution in [2.45, 2.75) is 45.6 Å². The van der Waals surface area contributed by atoms with Crippen molar-refractivity contribution in [2.24, 2.45) is 11.8 Å². The van der Waals surface area contributed by atoms with E-state index in [0.29, 0.717) is 13.2 Å². The molecule has 2 rings (SSSR count). The van der Waals surface area contributed by atoms with Crippen molar-refractivity contribution < 1.29 is 9.53 Å². The van der Waals surface area contributed by atoms with E-state index >= 15 is 0 Å². The van der Waals surface area contributed by atoms with Crippen LogP contribution >= 0.6 is 12.4 Å². The number of amides is 1. The summed E-state index contributed by atoms with van der Waals surface area (Å²) >= 11 is 0. The van der Waals surface area contributed by atoms with Crippen LogP contribution in [-0.2, 0) is 9.53 Å². The molecule has 1 atom stereocenters. The summed E-state index contributed by atoms with van der Waals surface area (Å²) in [6.07, 6.45) is 4.72. The Kier molecular flexibility index (Phi) is 7.85. The van der Waals surface area contributed by atoms with Crippen LogP contribution in [0.15, 0.2) is 0 Å². The third-order valence-electron chi connectivity index (χ3n) is 4.28. The molecule has 0 aliphatic carbocycles. The van der Waals surface area contributed by atoms with Crippen molar-refractivity contribution in [3.8, 4) is 0 Å². The number of ether oxygens (including phenoxy) is 1. The van der Waals surface area contributed by atoms with Gasteiger partial charge in [0.2, 0.25) is 0 Å². The Hall–Kier alpha value is -0.320. The molecule has 0 saturated carbocycles. The highest BCUT2D eigenvalue weighted by Gasteiger charge is 2.29. The number of piperidine rings is 1. The molecule has 0 aromatic heterocycles. The second kappa shape index (κ2) is 8.85. The molecule has 118 valence electrons. The number of nitrogens with one attached hydrogen (secondary N) is 1. The van der Waals surface area contributed by atoms with Crippen molar-refractivity contribution in [1.82, 2.24) is 10.2 Å². The van der Waals surface area contributed by atoms with Gasteiger partial charge in [-0.3, -0.25) is 4.79 Å². The molecule has 2 fully saturated rings. The molecule has 4 nitrogen and oxygen atoms in total. The first-order chi connectivity index (χ1) is 9.16. The minimum atomic E-state index is -0.249. The van der Waals surface area contributed by atoms with Crippen LogP contribution in [0.5, 0.6) is 0 Å². The third kappa shape index (κ3) is 5.23. The molecule has 2 saturated heterocycles. The third-order valence-corrected chi connectivity index (χ3v) is 4.28. The van der Waals surface area contributed by atoms with E-state index < -0.39 is 0 Å². The first-order valence-corrected chi connectivity index (χ1v) is 7.78. The van der Waals surface area contributed by atoms with E-state index in [0.717, 1.165) is 31.5 Å². The van der Waals surface area contributed by atoms with Crippen LogP contribution in [0.2, 0.25) is 0 Å². The Bertz CT molecular complexity index is 286. The highest BCUT2D eigenvalue weighted by Crippen LogP contribution is 2.24. The van der Waals surface area contributed by atoms with Gasteiger partial charge >= 0.3 is 0 Å². The standard InChI is InChI=1S/C15H28N2O2.ClH/c1-12(2)3-4-13-5-8-17(9-6-13)15(18)14-11-16-7-10-19-14;/h12-14,16H,3-11H2,1-2H3;1H. The highest BCUT2D eigenvalue weighted by molar-refractivity contribution is 5.85. The van der Waals surface area contributed by atoms with E-state index in [2.05, 4.69) is 19.2 Å². The topological polar surface area (TPSA) is 41.6 Å². The van der Waals surface area contributed by atoms with E-state index in [-0.39, 0.29) is 24.4 Å². The van der Waals surface area contributed by atoms with Crippen molar-refractivity contribution >= 4 is 18.3 Å². The molecule has 0 aromatic carbocycles. The Morgan fingerprint density at radius 1 is 1.35 bits per heavy atom. The number of halogens is 1. The second-order valence-electron chi connectivity index (χ2n) is 6.30. The predicted molar refractivity (Wildman–Crippen MR) is 83.2 cm³/mol. The van der Waals surface area contributed by atoms with Crippen molar-refractivity contribution in [2.75, 3.05) is 32.8 Å². The lowest BCUT2D eigenvalue weighted by Gasteiger charge is -2.35. The fourth-order valence-electron chi connectivity index (χ4n) is 2.94. The molecule has 0 bridgehead atoms. The van der Waals surface area contributed by atoms with Gasteiger partial charge in [-0.1, -0.05) is 26.7 Å². The molecular weight excluding hydrogens is 276 g/mol. The summed E-state index contributed by atoms with van der Waals surface area (Å²) in [5.41, 5.74) is 0. The van der Waals surface area contributed by atoms with Crippen molar-refractivity contribution in [3.63, 3.8) is 0 Å². The number of morpholine rings is 1. The van der Waals surface area contributed by atoms with Crippen LogP contribution in [0.4, 0.5) is 0 Å². The molecule has 2 aliphatic heterocycles. The number of rotatable bonds is 4. The van der Waals surface area contributed by atoms with Crippen LogP contribution in [0.25, 0.3) is 0 Å². The van der Waals surface area contributed by atoms with Gasteiger partial charge in [0.05, 0.1) is 6.61 Å². The maximum absolute atomic E-state index is 12.3. The van der Waals surface area contributed by atoms with Gasteiger partial charge < -0.3 is 15.0 Å². The first-order valence-electron chi connectivity index (χ1n) is 7.78. The summed E-state index contributed by atoms with van der Waals surface area (Å²) in [4.78, 5) is 14.3. The highest BCUT2D eigenvalue weighted by atomic mass is 35.5. The smallest absolute Gasteiger partial charge is 0.253 e. The minimum Gasteiger partial charge on any atom is -0.366 e. The lowest BCUT2D eigenvalue weighted by molar-refractivity contribution is -0.146. The van der Waals surface area contributed by atoms with Crippen LogP contribution in [-0.4, -0.2) is 49.7 Å². The Morgan fingerprint density at radius 2 is 2.05 bits per heavy atom. The lowest BCUT2D eigenvalue weighted by Crippen LogP contribution is -2.51. The van der Waals surface area contributed by atoms with Crippen LogP contribution in [0.3, 0.4) is 0 Å². The van der Waals surface area contributed by atoms with Crippen LogP contribution < -0.4 is 5.32 Å². The van der Waals surface area contributed by atoms with Crippen LogP contribution in [0.1, 0.15) is 39.5 Å². The normalized spacial score (nSPS) is 24.6. The molecule has 2 heterocycles. The SMILES string of the molecule is CC(C)CCC1CCN(C(=O)C2CNCCO2)CC1.Cl. The number of carbonyl (C=O) groups excluding carboxylic acids is 1. The summed E-state index contributed by atoms with van der Waals surface area (Å²) < 4.78 is 5.55.